The summed E-state index contributed by atoms with van der Waals surface area (Å²) in [6, 6.07) is 4.26. The molecule has 0 bridgehead atoms. The molecule has 0 aromatic heterocycles. The van der Waals surface area contributed by atoms with Crippen LogP contribution in [0.3, 0.4) is 0 Å². The van der Waals surface area contributed by atoms with Gasteiger partial charge in [-0.05, 0) is 35.9 Å². The van der Waals surface area contributed by atoms with Gasteiger partial charge in [-0.1, -0.05) is 17.7 Å². The number of hydrogen-bond donors (Lipinski definition) is 4. The molecule has 2 amide bonds. The lowest BCUT2D eigenvalue weighted by Crippen LogP contribution is -2.21. The van der Waals surface area contributed by atoms with Gasteiger partial charge in [0.1, 0.15) is 27.6 Å². The van der Waals surface area contributed by atoms with Gasteiger partial charge in [0.2, 0.25) is 5.91 Å². The van der Waals surface area contributed by atoms with Gasteiger partial charge in [0.25, 0.3) is 5.91 Å². The summed E-state index contributed by atoms with van der Waals surface area (Å²) in [5.74, 6) is -11.2. The molecule has 0 heterocycles. The number of rotatable bonds is 8. The van der Waals surface area contributed by atoms with Crippen LogP contribution >= 0.6 is 34.8 Å². The molecule has 0 aliphatic heterocycles. The van der Waals surface area contributed by atoms with Crippen molar-refractivity contribution in [1.29, 1.82) is 0 Å². The Morgan fingerprint density at radius 1 is 0.864 bits per heavy atom. The number of aliphatic hydroxyl groups excluding tert-OH is 1. The fraction of sp³-hybridized carbons (Fsp3) is 0.231. The fourth-order valence-corrected chi connectivity index (χ4v) is 5.33. The minimum atomic E-state index is -5.06. The highest BCUT2D eigenvalue weighted by atomic mass is 35.5. The van der Waals surface area contributed by atoms with E-state index in [1.807, 2.05) is 0 Å². The van der Waals surface area contributed by atoms with E-state index in [0.717, 1.165) is 12.1 Å². The molecule has 236 valence electrons. The molecule has 4 rings (SSSR count). The van der Waals surface area contributed by atoms with Gasteiger partial charge < -0.3 is 21.1 Å². The topological polar surface area (TPSA) is 90.5 Å². The number of anilines is 3. The highest BCUT2D eigenvalue weighted by Gasteiger charge is 2.67. The number of carbonyl (C=O) groups is 2. The molecule has 18 heteroatoms. The van der Waals surface area contributed by atoms with E-state index < -0.39 is 97.6 Å². The van der Waals surface area contributed by atoms with Crippen molar-refractivity contribution in [3.63, 3.8) is 0 Å². The SMILES string of the molecule is O=C(Nc1cc(NC(O)c2cc(NC(=O)[C@H]3[C@H](c4ccc(F)c(C(F)(F)F)c4)C3(Cl)Cl)cc(F)c2Cl)c(F)cc1F)C(F)F. The normalized spacial score (nSPS) is 18.1. The molecular formula is C26H15Cl3F9N3O3. The lowest BCUT2D eigenvalue weighted by atomic mass is 10.0. The number of benzene rings is 3. The summed E-state index contributed by atoms with van der Waals surface area (Å²) >= 11 is 18.2. The molecule has 3 aromatic rings. The number of carbonyl (C=O) groups excluding carboxylic acids is 2. The molecule has 0 spiro atoms. The summed E-state index contributed by atoms with van der Waals surface area (Å²) in [6.07, 6.45) is -10.7. The summed E-state index contributed by atoms with van der Waals surface area (Å²) in [5, 5.41) is 15.7. The first-order chi connectivity index (χ1) is 20.3. The molecule has 1 saturated carbocycles. The Morgan fingerprint density at radius 3 is 2.11 bits per heavy atom. The Bertz CT molecular complexity index is 1640. The summed E-state index contributed by atoms with van der Waals surface area (Å²) in [4.78, 5) is 24.2. The maximum atomic E-state index is 14.7. The number of alkyl halides is 7. The Hall–Kier alpha value is -3.40. The van der Waals surface area contributed by atoms with Crippen LogP contribution in [-0.4, -0.2) is 27.7 Å². The molecule has 4 N–H and O–H groups in total. The molecule has 1 aliphatic carbocycles. The van der Waals surface area contributed by atoms with Crippen LogP contribution in [-0.2, 0) is 15.8 Å². The summed E-state index contributed by atoms with van der Waals surface area (Å²) in [6.45, 7) is 0. The molecule has 44 heavy (non-hydrogen) atoms. The summed E-state index contributed by atoms with van der Waals surface area (Å²) in [5.41, 5.74) is -4.39. The second-order valence-corrected chi connectivity index (χ2v) is 11.2. The third-order valence-corrected chi connectivity index (χ3v) is 7.75. The molecule has 1 aliphatic rings. The second-order valence-electron chi connectivity index (χ2n) is 9.37. The Kier molecular flexibility index (Phi) is 9.27. The van der Waals surface area contributed by atoms with Crippen molar-refractivity contribution < 1.29 is 54.2 Å². The van der Waals surface area contributed by atoms with Crippen LogP contribution in [0.4, 0.5) is 56.6 Å². The van der Waals surface area contributed by atoms with E-state index in [-0.39, 0.29) is 17.3 Å². The van der Waals surface area contributed by atoms with Gasteiger partial charge in [-0.25, -0.2) is 17.6 Å². The van der Waals surface area contributed by atoms with E-state index in [0.29, 0.717) is 24.3 Å². The zero-order chi connectivity index (χ0) is 32.9. The van der Waals surface area contributed by atoms with Crippen LogP contribution < -0.4 is 16.0 Å². The first kappa shape index (κ1) is 33.5. The molecular weight excluding hydrogens is 680 g/mol. The van der Waals surface area contributed by atoms with Crippen LogP contribution in [0.1, 0.15) is 28.8 Å². The number of aliphatic hydroxyl groups is 1. The highest BCUT2D eigenvalue weighted by molar-refractivity contribution is 6.53. The smallest absolute Gasteiger partial charge is 0.369 e. The minimum Gasteiger partial charge on any atom is -0.369 e. The maximum absolute atomic E-state index is 14.7. The first-order valence-corrected chi connectivity index (χ1v) is 13.0. The standard InChI is InChI=1S/C26H15Cl3F9N3O3/c27-20-10(22(42)40-16-7-17(14(32)6-13(16)31)41-24(44)21(34)35)4-9(5-15(20)33)39-23(43)19-18(25(19,28)29)8-1-2-12(30)11(3-8)26(36,37)38/h1-7,18-19,21-22,40,42H,(H,39,43)(H,41,44)/t18-,19+,22?/m0/s1. The van der Waals surface area contributed by atoms with Crippen molar-refractivity contribution in [1.82, 2.24) is 0 Å². The lowest BCUT2D eigenvalue weighted by molar-refractivity contribution is -0.140. The molecule has 1 fully saturated rings. The van der Waals surface area contributed by atoms with E-state index in [1.54, 1.807) is 0 Å². The molecule has 3 atom stereocenters. The van der Waals surface area contributed by atoms with Crippen LogP contribution in [0.25, 0.3) is 0 Å². The van der Waals surface area contributed by atoms with Crippen LogP contribution in [0.2, 0.25) is 5.02 Å². The predicted octanol–water partition coefficient (Wildman–Crippen LogP) is 7.75. The minimum absolute atomic E-state index is 0.199. The van der Waals surface area contributed by atoms with Gasteiger partial charge in [0.05, 0.1) is 27.9 Å². The summed E-state index contributed by atoms with van der Waals surface area (Å²) < 4.78 is 119. The van der Waals surface area contributed by atoms with Crippen LogP contribution in [0.5, 0.6) is 0 Å². The third-order valence-electron chi connectivity index (χ3n) is 6.41. The van der Waals surface area contributed by atoms with E-state index in [4.69, 9.17) is 34.8 Å². The van der Waals surface area contributed by atoms with Crippen LogP contribution in [0, 0.1) is 29.2 Å². The number of nitrogens with one attached hydrogen (secondary N) is 3. The average Bonchev–Trinajstić information content (AvgIpc) is 3.49. The maximum Gasteiger partial charge on any atom is 0.419 e. The molecule has 1 unspecified atom stereocenters. The quantitative estimate of drug-likeness (QED) is 0.110. The third kappa shape index (κ3) is 6.80. The van der Waals surface area contributed by atoms with Crippen molar-refractivity contribution in [2.24, 2.45) is 5.92 Å². The Labute approximate surface area is 256 Å². The van der Waals surface area contributed by atoms with Crippen molar-refractivity contribution in [3.05, 3.63) is 87.4 Å². The number of amides is 2. The highest BCUT2D eigenvalue weighted by Crippen LogP contribution is 2.65. The van der Waals surface area contributed by atoms with Gasteiger partial charge in [-0.2, -0.15) is 22.0 Å². The summed E-state index contributed by atoms with van der Waals surface area (Å²) in [7, 11) is 0. The molecule has 0 radical (unpaired) electrons. The molecule has 0 saturated heterocycles. The number of hydrogen-bond acceptors (Lipinski definition) is 4. The lowest BCUT2D eigenvalue weighted by Gasteiger charge is -2.19. The Balaban J connectivity index is 1.56. The molecule has 3 aromatic carbocycles. The Morgan fingerprint density at radius 2 is 1.50 bits per heavy atom. The fourth-order valence-electron chi connectivity index (χ4n) is 4.29. The van der Waals surface area contributed by atoms with Gasteiger partial charge in [0.15, 0.2) is 6.23 Å². The van der Waals surface area contributed by atoms with E-state index in [9.17, 15) is 54.2 Å². The number of halogens is 12. The van der Waals surface area contributed by atoms with Crippen molar-refractivity contribution in [3.8, 4) is 0 Å². The van der Waals surface area contributed by atoms with Crippen LogP contribution in [0.15, 0.2) is 42.5 Å². The van der Waals surface area contributed by atoms with E-state index >= 15 is 0 Å². The zero-order valence-electron chi connectivity index (χ0n) is 21.2. The predicted molar refractivity (Wildman–Crippen MR) is 142 cm³/mol. The second kappa shape index (κ2) is 12.2. The van der Waals surface area contributed by atoms with Gasteiger partial charge >= 0.3 is 12.6 Å². The zero-order valence-corrected chi connectivity index (χ0v) is 23.4. The van der Waals surface area contributed by atoms with Crippen molar-refractivity contribution in [2.75, 3.05) is 16.0 Å². The average molecular weight is 695 g/mol. The first-order valence-electron chi connectivity index (χ1n) is 11.9. The largest absolute Gasteiger partial charge is 0.419 e. The van der Waals surface area contributed by atoms with E-state index in [2.05, 4.69) is 10.6 Å². The van der Waals surface area contributed by atoms with E-state index in [1.165, 1.54) is 5.32 Å². The van der Waals surface area contributed by atoms with Crippen molar-refractivity contribution >= 4 is 63.7 Å². The van der Waals surface area contributed by atoms with Gasteiger partial charge in [-0.3, -0.25) is 9.59 Å². The van der Waals surface area contributed by atoms with Gasteiger partial charge in [0, 0.05) is 23.2 Å². The molecule has 6 nitrogen and oxygen atoms in total. The van der Waals surface area contributed by atoms with Gasteiger partial charge in [-0.15, -0.1) is 23.2 Å². The monoisotopic (exact) mass is 693 g/mol. The van der Waals surface area contributed by atoms with Crippen molar-refractivity contribution in [2.45, 2.75) is 29.1 Å².